The molecule has 1 aromatic rings. The Morgan fingerprint density at radius 3 is 3.31 bits per heavy atom. The fraction of sp³-hybridized carbons (Fsp3) is 0.700. The highest BCUT2D eigenvalue weighted by molar-refractivity contribution is 5.26. The number of ether oxygens (including phenoxy) is 1. The van der Waals surface area contributed by atoms with Crippen molar-refractivity contribution in [3.8, 4) is 0 Å². The van der Waals surface area contributed by atoms with Gasteiger partial charge in [-0.05, 0) is 12.8 Å². The fourth-order valence-corrected chi connectivity index (χ4v) is 1.72. The molecule has 72 valence electrons. The summed E-state index contributed by atoms with van der Waals surface area (Å²) in [4.78, 5) is 0. The SMILES string of the molecule is CCCCc1n[nH]c2c1COCC2. The van der Waals surface area contributed by atoms with E-state index in [2.05, 4.69) is 17.1 Å². The zero-order valence-electron chi connectivity index (χ0n) is 8.10. The molecule has 0 saturated heterocycles. The molecule has 1 aliphatic heterocycles. The van der Waals surface area contributed by atoms with Gasteiger partial charge in [-0.15, -0.1) is 0 Å². The first kappa shape index (κ1) is 8.75. The summed E-state index contributed by atoms with van der Waals surface area (Å²) in [6.07, 6.45) is 4.53. The second-order valence-electron chi connectivity index (χ2n) is 3.53. The summed E-state index contributed by atoms with van der Waals surface area (Å²) >= 11 is 0. The number of unbranched alkanes of at least 4 members (excludes halogenated alkanes) is 1. The van der Waals surface area contributed by atoms with Crippen LogP contribution in [-0.2, 0) is 24.2 Å². The van der Waals surface area contributed by atoms with Gasteiger partial charge >= 0.3 is 0 Å². The van der Waals surface area contributed by atoms with Crippen LogP contribution in [0.2, 0.25) is 0 Å². The molecule has 2 rings (SSSR count). The lowest BCUT2D eigenvalue weighted by Gasteiger charge is -2.12. The molecule has 0 radical (unpaired) electrons. The molecule has 0 spiro atoms. The van der Waals surface area contributed by atoms with Crippen LogP contribution in [0, 0.1) is 0 Å². The maximum absolute atomic E-state index is 5.41. The molecule has 13 heavy (non-hydrogen) atoms. The second-order valence-corrected chi connectivity index (χ2v) is 3.53. The van der Waals surface area contributed by atoms with Crippen LogP contribution in [-0.4, -0.2) is 16.8 Å². The van der Waals surface area contributed by atoms with Crippen molar-refractivity contribution in [1.82, 2.24) is 10.2 Å². The Bertz CT molecular complexity index is 280. The average Bonchev–Trinajstić information content (AvgIpc) is 2.58. The van der Waals surface area contributed by atoms with Crippen LogP contribution in [0.25, 0.3) is 0 Å². The molecule has 1 aliphatic rings. The van der Waals surface area contributed by atoms with Gasteiger partial charge in [0.2, 0.25) is 0 Å². The second kappa shape index (κ2) is 3.92. The largest absolute Gasteiger partial charge is 0.376 e. The highest BCUT2D eigenvalue weighted by Gasteiger charge is 2.16. The van der Waals surface area contributed by atoms with Crippen molar-refractivity contribution in [1.29, 1.82) is 0 Å². The lowest BCUT2D eigenvalue weighted by molar-refractivity contribution is 0.109. The van der Waals surface area contributed by atoms with Crippen LogP contribution in [0.3, 0.4) is 0 Å². The van der Waals surface area contributed by atoms with E-state index < -0.39 is 0 Å². The van der Waals surface area contributed by atoms with Crippen molar-refractivity contribution in [2.24, 2.45) is 0 Å². The third-order valence-electron chi connectivity index (χ3n) is 2.55. The number of hydrogen-bond donors (Lipinski definition) is 1. The minimum absolute atomic E-state index is 0.755. The Kier molecular flexibility index (Phi) is 2.64. The topological polar surface area (TPSA) is 37.9 Å². The van der Waals surface area contributed by atoms with Gasteiger partial charge in [-0.3, -0.25) is 5.10 Å². The Labute approximate surface area is 78.5 Å². The predicted octanol–water partition coefficient (Wildman–Crippen LogP) is 1.82. The fourth-order valence-electron chi connectivity index (χ4n) is 1.72. The maximum atomic E-state index is 5.41. The van der Waals surface area contributed by atoms with E-state index in [1.165, 1.54) is 29.8 Å². The van der Waals surface area contributed by atoms with Crippen LogP contribution >= 0.6 is 0 Å². The van der Waals surface area contributed by atoms with Crippen molar-refractivity contribution < 1.29 is 4.74 Å². The summed E-state index contributed by atoms with van der Waals surface area (Å²) in [5, 5.41) is 7.44. The number of aromatic nitrogens is 2. The van der Waals surface area contributed by atoms with Crippen LogP contribution < -0.4 is 0 Å². The lowest BCUT2D eigenvalue weighted by Crippen LogP contribution is -2.09. The van der Waals surface area contributed by atoms with E-state index in [-0.39, 0.29) is 0 Å². The molecule has 0 fully saturated rings. The van der Waals surface area contributed by atoms with Crippen LogP contribution in [0.4, 0.5) is 0 Å². The van der Waals surface area contributed by atoms with E-state index in [0.29, 0.717) is 0 Å². The number of aromatic amines is 1. The lowest BCUT2D eigenvalue weighted by atomic mass is 10.1. The summed E-state index contributed by atoms with van der Waals surface area (Å²) in [7, 11) is 0. The van der Waals surface area contributed by atoms with Gasteiger partial charge in [0.05, 0.1) is 18.9 Å². The molecule has 0 amide bonds. The normalized spacial score (nSPS) is 15.8. The molecule has 0 atom stereocenters. The molecule has 0 unspecified atom stereocenters. The molecule has 0 aromatic carbocycles. The van der Waals surface area contributed by atoms with Crippen molar-refractivity contribution in [2.45, 2.75) is 39.2 Å². The molecule has 3 heteroatoms. The van der Waals surface area contributed by atoms with Crippen LogP contribution in [0.1, 0.15) is 36.7 Å². The summed E-state index contributed by atoms with van der Waals surface area (Å²) in [6.45, 7) is 3.79. The molecule has 0 aliphatic carbocycles. The van der Waals surface area contributed by atoms with Gasteiger partial charge < -0.3 is 4.74 Å². The van der Waals surface area contributed by atoms with Gasteiger partial charge in [0.1, 0.15) is 0 Å². The number of H-pyrrole nitrogens is 1. The van der Waals surface area contributed by atoms with Crippen molar-refractivity contribution in [3.63, 3.8) is 0 Å². The minimum Gasteiger partial charge on any atom is -0.376 e. The standard InChI is InChI=1S/C10H16N2O/c1-2-3-4-9-8-7-13-6-5-10(8)12-11-9/h2-7H2,1H3,(H,11,12). The Morgan fingerprint density at radius 1 is 1.54 bits per heavy atom. The van der Waals surface area contributed by atoms with Gasteiger partial charge in [0.25, 0.3) is 0 Å². The molecular weight excluding hydrogens is 164 g/mol. The number of aryl methyl sites for hydroxylation is 1. The van der Waals surface area contributed by atoms with Crippen molar-refractivity contribution in [3.05, 3.63) is 17.0 Å². The van der Waals surface area contributed by atoms with E-state index in [4.69, 9.17) is 4.74 Å². The zero-order chi connectivity index (χ0) is 9.10. The average molecular weight is 180 g/mol. The Balaban J connectivity index is 2.12. The van der Waals surface area contributed by atoms with E-state index in [1.54, 1.807) is 0 Å². The van der Waals surface area contributed by atoms with Crippen LogP contribution in [0.15, 0.2) is 0 Å². The van der Waals surface area contributed by atoms with E-state index in [0.717, 1.165) is 26.1 Å². The van der Waals surface area contributed by atoms with Gasteiger partial charge in [0.15, 0.2) is 0 Å². The first-order valence-electron chi connectivity index (χ1n) is 5.04. The highest BCUT2D eigenvalue weighted by Crippen LogP contribution is 2.19. The molecular formula is C10H16N2O. The summed E-state index contributed by atoms with van der Waals surface area (Å²) in [5.41, 5.74) is 3.83. The number of nitrogens with one attached hydrogen (secondary N) is 1. The van der Waals surface area contributed by atoms with Gasteiger partial charge in [-0.1, -0.05) is 13.3 Å². The number of nitrogens with zero attached hydrogens (tertiary/aromatic N) is 1. The first-order valence-corrected chi connectivity index (χ1v) is 5.04. The van der Waals surface area contributed by atoms with Gasteiger partial charge in [0, 0.05) is 17.7 Å². The summed E-state index contributed by atoms with van der Waals surface area (Å²) in [5.74, 6) is 0. The highest BCUT2D eigenvalue weighted by atomic mass is 16.5. The maximum Gasteiger partial charge on any atom is 0.0753 e. The van der Waals surface area contributed by atoms with E-state index >= 15 is 0 Å². The van der Waals surface area contributed by atoms with Gasteiger partial charge in [-0.25, -0.2) is 0 Å². The summed E-state index contributed by atoms with van der Waals surface area (Å²) in [6, 6.07) is 0. The number of rotatable bonds is 3. The monoisotopic (exact) mass is 180 g/mol. The Hall–Kier alpha value is -0.830. The third-order valence-corrected chi connectivity index (χ3v) is 2.55. The van der Waals surface area contributed by atoms with Crippen molar-refractivity contribution >= 4 is 0 Å². The molecule has 3 nitrogen and oxygen atoms in total. The number of fused-ring (bicyclic) bond motifs is 1. The quantitative estimate of drug-likeness (QED) is 0.770. The van der Waals surface area contributed by atoms with Crippen molar-refractivity contribution in [2.75, 3.05) is 6.61 Å². The van der Waals surface area contributed by atoms with Crippen LogP contribution in [0.5, 0.6) is 0 Å². The molecule has 1 aromatic heterocycles. The Morgan fingerprint density at radius 2 is 2.46 bits per heavy atom. The smallest absolute Gasteiger partial charge is 0.0753 e. The first-order chi connectivity index (χ1) is 6.42. The zero-order valence-corrected chi connectivity index (χ0v) is 8.10. The number of hydrogen-bond acceptors (Lipinski definition) is 2. The molecule has 1 N–H and O–H groups in total. The molecule has 0 bridgehead atoms. The molecule has 0 saturated carbocycles. The third kappa shape index (κ3) is 1.75. The summed E-state index contributed by atoms with van der Waals surface area (Å²) < 4.78 is 5.41. The van der Waals surface area contributed by atoms with Gasteiger partial charge in [-0.2, -0.15) is 5.10 Å². The minimum atomic E-state index is 0.755. The van der Waals surface area contributed by atoms with E-state index in [9.17, 15) is 0 Å². The predicted molar refractivity (Wildman–Crippen MR) is 50.6 cm³/mol. The van der Waals surface area contributed by atoms with E-state index in [1.807, 2.05) is 0 Å². The molecule has 2 heterocycles.